The van der Waals surface area contributed by atoms with Crippen molar-refractivity contribution in [1.29, 1.82) is 0 Å². The highest BCUT2D eigenvalue weighted by atomic mass is 16.5. The lowest BCUT2D eigenvalue weighted by Gasteiger charge is -2.02. The fraction of sp³-hybridized carbons (Fsp3) is 0.429. The van der Waals surface area contributed by atoms with Crippen molar-refractivity contribution in [2.75, 3.05) is 6.61 Å². The number of aliphatic hydroxyl groups excluding tert-OH is 1. The molecule has 0 unspecified atom stereocenters. The number of ether oxygens (including phenoxy) is 1. The maximum atomic E-state index is 9.42. The first kappa shape index (κ1) is 12.6. The van der Waals surface area contributed by atoms with E-state index < -0.39 is 0 Å². The van der Waals surface area contributed by atoms with Gasteiger partial charge in [-0.2, -0.15) is 0 Å². The molecule has 1 atom stereocenters. The SMILES string of the molecule is CCC[C@H](O)CC#CCOc1ccccc1. The first-order valence-electron chi connectivity index (χ1n) is 5.64. The number of rotatable bonds is 5. The van der Waals surface area contributed by atoms with Gasteiger partial charge in [0, 0.05) is 6.42 Å². The van der Waals surface area contributed by atoms with Crippen molar-refractivity contribution in [1.82, 2.24) is 0 Å². The van der Waals surface area contributed by atoms with E-state index in [1.165, 1.54) is 0 Å². The van der Waals surface area contributed by atoms with Gasteiger partial charge in [0.05, 0.1) is 6.10 Å². The molecule has 0 saturated carbocycles. The molecule has 2 heteroatoms. The van der Waals surface area contributed by atoms with Crippen LogP contribution in [0, 0.1) is 11.8 Å². The molecule has 0 bridgehead atoms. The molecule has 1 aromatic carbocycles. The maximum absolute atomic E-state index is 9.42. The summed E-state index contributed by atoms with van der Waals surface area (Å²) in [7, 11) is 0. The lowest BCUT2D eigenvalue weighted by Crippen LogP contribution is -2.03. The quantitative estimate of drug-likeness (QED) is 0.770. The highest BCUT2D eigenvalue weighted by Crippen LogP contribution is 2.07. The van der Waals surface area contributed by atoms with E-state index in [-0.39, 0.29) is 6.10 Å². The molecule has 16 heavy (non-hydrogen) atoms. The zero-order valence-electron chi connectivity index (χ0n) is 9.65. The zero-order valence-corrected chi connectivity index (χ0v) is 9.65. The summed E-state index contributed by atoms with van der Waals surface area (Å²) in [5.74, 6) is 6.63. The third-order valence-electron chi connectivity index (χ3n) is 2.14. The van der Waals surface area contributed by atoms with Gasteiger partial charge in [-0.05, 0) is 18.6 Å². The fourth-order valence-corrected chi connectivity index (χ4v) is 1.31. The Morgan fingerprint density at radius 2 is 2.00 bits per heavy atom. The summed E-state index contributed by atoms with van der Waals surface area (Å²) in [6.45, 7) is 2.43. The summed E-state index contributed by atoms with van der Waals surface area (Å²) < 4.78 is 5.39. The average molecular weight is 218 g/mol. The van der Waals surface area contributed by atoms with Crippen LogP contribution >= 0.6 is 0 Å². The van der Waals surface area contributed by atoms with E-state index in [1.54, 1.807) is 0 Å². The number of aliphatic hydroxyl groups is 1. The highest BCUT2D eigenvalue weighted by molar-refractivity contribution is 5.21. The van der Waals surface area contributed by atoms with Gasteiger partial charge in [0.15, 0.2) is 0 Å². The molecule has 0 heterocycles. The van der Waals surface area contributed by atoms with Crippen LogP contribution in [-0.2, 0) is 0 Å². The Kier molecular flexibility index (Phi) is 6.13. The summed E-state index contributed by atoms with van der Waals surface area (Å²) in [5.41, 5.74) is 0. The van der Waals surface area contributed by atoms with Gasteiger partial charge in [0.25, 0.3) is 0 Å². The molecule has 1 aromatic rings. The van der Waals surface area contributed by atoms with Gasteiger partial charge in [-0.25, -0.2) is 0 Å². The molecular weight excluding hydrogens is 200 g/mol. The lowest BCUT2D eigenvalue weighted by molar-refractivity contribution is 0.169. The molecule has 0 spiro atoms. The standard InChI is InChI=1S/C14H18O2/c1-2-8-13(15)9-6-7-12-16-14-10-4-3-5-11-14/h3-5,10-11,13,15H,2,8-9,12H2,1H3/t13-/m0/s1. The second kappa shape index (κ2) is 7.78. The number of hydrogen-bond acceptors (Lipinski definition) is 2. The first-order valence-corrected chi connectivity index (χ1v) is 5.64. The zero-order chi connectivity index (χ0) is 11.6. The van der Waals surface area contributed by atoms with Gasteiger partial charge in [0.1, 0.15) is 12.4 Å². The Labute approximate surface area is 97.3 Å². The van der Waals surface area contributed by atoms with Crippen LogP contribution in [0.4, 0.5) is 0 Å². The van der Waals surface area contributed by atoms with E-state index in [1.807, 2.05) is 30.3 Å². The molecule has 86 valence electrons. The molecule has 0 fully saturated rings. The molecule has 1 rings (SSSR count). The Hall–Kier alpha value is -1.46. The van der Waals surface area contributed by atoms with E-state index in [9.17, 15) is 5.11 Å². The summed E-state index contributed by atoms with van der Waals surface area (Å²) in [6, 6.07) is 9.59. The molecule has 0 amide bonds. The van der Waals surface area contributed by atoms with Crippen LogP contribution in [-0.4, -0.2) is 17.8 Å². The third-order valence-corrected chi connectivity index (χ3v) is 2.14. The van der Waals surface area contributed by atoms with Crippen molar-refractivity contribution in [2.24, 2.45) is 0 Å². The fourth-order valence-electron chi connectivity index (χ4n) is 1.31. The molecule has 0 aliphatic heterocycles. The van der Waals surface area contributed by atoms with Gasteiger partial charge >= 0.3 is 0 Å². The van der Waals surface area contributed by atoms with Crippen LogP contribution in [0.25, 0.3) is 0 Å². The second-order valence-electron chi connectivity index (χ2n) is 3.60. The summed E-state index contributed by atoms with van der Waals surface area (Å²) in [6.07, 6.45) is 2.04. The average Bonchev–Trinajstić information content (AvgIpc) is 2.30. The molecule has 0 radical (unpaired) electrons. The van der Waals surface area contributed by atoms with Crippen molar-refractivity contribution in [3.05, 3.63) is 30.3 Å². The minimum absolute atomic E-state index is 0.297. The van der Waals surface area contributed by atoms with Gasteiger partial charge < -0.3 is 9.84 Å². The Balaban J connectivity index is 2.18. The van der Waals surface area contributed by atoms with Gasteiger partial charge in [0.2, 0.25) is 0 Å². The monoisotopic (exact) mass is 218 g/mol. The van der Waals surface area contributed by atoms with Crippen molar-refractivity contribution in [3.63, 3.8) is 0 Å². The predicted octanol–water partition coefficient (Wildman–Crippen LogP) is 2.62. The van der Waals surface area contributed by atoms with Gasteiger partial charge in [-0.15, -0.1) is 0 Å². The summed E-state index contributed by atoms with van der Waals surface area (Å²) in [4.78, 5) is 0. The summed E-state index contributed by atoms with van der Waals surface area (Å²) >= 11 is 0. The molecule has 1 N–H and O–H groups in total. The smallest absolute Gasteiger partial charge is 0.149 e. The molecular formula is C14H18O2. The normalized spacial score (nSPS) is 11.4. The number of hydrogen-bond donors (Lipinski definition) is 1. The topological polar surface area (TPSA) is 29.5 Å². The van der Waals surface area contributed by atoms with Crippen LogP contribution < -0.4 is 4.74 Å². The van der Waals surface area contributed by atoms with Crippen molar-refractivity contribution < 1.29 is 9.84 Å². The van der Waals surface area contributed by atoms with E-state index in [2.05, 4.69) is 18.8 Å². The minimum Gasteiger partial charge on any atom is -0.481 e. The van der Waals surface area contributed by atoms with E-state index >= 15 is 0 Å². The van der Waals surface area contributed by atoms with Crippen molar-refractivity contribution >= 4 is 0 Å². The molecule has 0 aliphatic rings. The first-order chi connectivity index (χ1) is 7.83. The molecule has 0 aliphatic carbocycles. The molecule has 0 aromatic heterocycles. The predicted molar refractivity (Wildman–Crippen MR) is 65.2 cm³/mol. The van der Waals surface area contributed by atoms with Crippen LogP contribution in [0.15, 0.2) is 30.3 Å². The van der Waals surface area contributed by atoms with Gasteiger partial charge in [-0.1, -0.05) is 43.4 Å². The van der Waals surface area contributed by atoms with Crippen molar-refractivity contribution in [2.45, 2.75) is 32.3 Å². The highest BCUT2D eigenvalue weighted by Gasteiger charge is 1.97. The Bertz CT molecular complexity index is 335. The van der Waals surface area contributed by atoms with Crippen LogP contribution in [0.2, 0.25) is 0 Å². The van der Waals surface area contributed by atoms with E-state index in [4.69, 9.17) is 4.74 Å². The molecule has 0 saturated heterocycles. The van der Waals surface area contributed by atoms with Crippen LogP contribution in [0.1, 0.15) is 26.2 Å². The molecule has 2 nitrogen and oxygen atoms in total. The summed E-state index contributed by atoms with van der Waals surface area (Å²) in [5, 5.41) is 9.42. The number of benzene rings is 1. The largest absolute Gasteiger partial charge is 0.481 e. The Morgan fingerprint density at radius 3 is 2.69 bits per heavy atom. The van der Waals surface area contributed by atoms with Crippen LogP contribution in [0.3, 0.4) is 0 Å². The third kappa shape index (κ3) is 5.43. The van der Waals surface area contributed by atoms with E-state index in [0.717, 1.165) is 18.6 Å². The van der Waals surface area contributed by atoms with Gasteiger partial charge in [-0.3, -0.25) is 0 Å². The Morgan fingerprint density at radius 1 is 1.25 bits per heavy atom. The van der Waals surface area contributed by atoms with Crippen LogP contribution in [0.5, 0.6) is 5.75 Å². The maximum Gasteiger partial charge on any atom is 0.149 e. The lowest BCUT2D eigenvalue weighted by atomic mass is 10.1. The second-order valence-corrected chi connectivity index (χ2v) is 3.60. The van der Waals surface area contributed by atoms with Crippen molar-refractivity contribution in [3.8, 4) is 17.6 Å². The minimum atomic E-state index is -0.297. The van der Waals surface area contributed by atoms with E-state index in [0.29, 0.717) is 13.0 Å². The number of para-hydroxylation sites is 1.